The normalized spacial score (nSPS) is 12.1. The number of carboxylic acid groups (broad SMARTS) is 1. The van der Waals surface area contributed by atoms with Gasteiger partial charge in [0.15, 0.2) is 5.76 Å². The van der Waals surface area contributed by atoms with Crippen LogP contribution in [0.3, 0.4) is 0 Å². The van der Waals surface area contributed by atoms with Crippen LogP contribution < -0.4 is 4.74 Å². The monoisotopic (exact) mass is 443 g/mol. The lowest BCUT2D eigenvalue weighted by Gasteiger charge is -2.22. The number of carboxylic acids is 1. The number of rotatable bonds is 10. The summed E-state index contributed by atoms with van der Waals surface area (Å²) >= 11 is 0. The molecule has 1 atom stereocenters. The molecule has 0 saturated heterocycles. The van der Waals surface area contributed by atoms with E-state index in [0.29, 0.717) is 29.9 Å². The van der Waals surface area contributed by atoms with E-state index in [0.717, 1.165) is 10.9 Å². The first kappa shape index (κ1) is 22.3. The van der Waals surface area contributed by atoms with Crippen molar-refractivity contribution in [3.8, 4) is 5.75 Å². The minimum atomic E-state index is -0.869. The Morgan fingerprint density at radius 3 is 2.48 bits per heavy atom. The molecule has 4 rings (SSSR count). The molecule has 0 radical (unpaired) electrons. The number of fused-ring (bicyclic) bond motifs is 1. The van der Waals surface area contributed by atoms with Gasteiger partial charge in [0, 0.05) is 23.9 Å². The molecule has 0 aliphatic heterocycles. The van der Waals surface area contributed by atoms with E-state index in [4.69, 9.17) is 14.3 Å². The van der Waals surface area contributed by atoms with Gasteiger partial charge in [-0.3, -0.25) is 14.5 Å². The maximum atomic E-state index is 13.0. The number of hydrogen-bond donors (Lipinski definition) is 1. The third-order valence-corrected chi connectivity index (χ3v) is 5.37. The summed E-state index contributed by atoms with van der Waals surface area (Å²) in [6, 6.07) is 26.1. The van der Waals surface area contributed by atoms with Gasteiger partial charge in [0.05, 0.1) is 6.54 Å². The third-order valence-electron chi connectivity index (χ3n) is 5.37. The Kier molecular flexibility index (Phi) is 6.86. The van der Waals surface area contributed by atoms with E-state index in [1.54, 1.807) is 36.2 Å². The Hall–Kier alpha value is -3.90. The summed E-state index contributed by atoms with van der Waals surface area (Å²) in [5, 5.41) is 9.89. The molecule has 3 aromatic carbocycles. The van der Waals surface area contributed by atoms with Crippen LogP contribution in [-0.2, 0) is 4.79 Å². The molecule has 1 heterocycles. The van der Waals surface area contributed by atoms with Gasteiger partial charge in [-0.05, 0) is 36.9 Å². The van der Waals surface area contributed by atoms with E-state index < -0.39 is 5.97 Å². The van der Waals surface area contributed by atoms with Crippen LogP contribution in [0, 0.1) is 0 Å². The highest BCUT2D eigenvalue weighted by atomic mass is 16.5. The lowest BCUT2D eigenvalue weighted by Crippen LogP contribution is -2.28. The Morgan fingerprint density at radius 2 is 1.73 bits per heavy atom. The van der Waals surface area contributed by atoms with Crippen molar-refractivity contribution in [2.45, 2.75) is 12.5 Å². The SMILES string of the molecule is CN(CCC(Oc1cccc(C(=O)c2cc3ccccc3o2)c1)c1ccccc1)CC(=O)O. The number of carbonyl (C=O) groups is 2. The van der Waals surface area contributed by atoms with Crippen molar-refractivity contribution in [2.75, 3.05) is 20.1 Å². The van der Waals surface area contributed by atoms with Gasteiger partial charge in [0.25, 0.3) is 0 Å². The molecule has 6 heteroatoms. The first-order chi connectivity index (χ1) is 16.0. The standard InChI is InChI=1S/C27H25NO5/c1-28(18-26(29)30)15-14-24(19-8-3-2-4-9-19)32-22-12-7-11-21(16-22)27(31)25-17-20-10-5-6-13-23(20)33-25/h2-13,16-17,24H,14-15,18H2,1H3,(H,29,30). The van der Waals surface area contributed by atoms with Gasteiger partial charge >= 0.3 is 5.97 Å². The van der Waals surface area contributed by atoms with Crippen LogP contribution in [0.5, 0.6) is 5.75 Å². The molecular weight excluding hydrogens is 418 g/mol. The topological polar surface area (TPSA) is 80.0 Å². The van der Waals surface area contributed by atoms with Crippen LogP contribution in [-0.4, -0.2) is 41.9 Å². The molecule has 1 N–H and O–H groups in total. The lowest BCUT2D eigenvalue weighted by molar-refractivity contribution is -0.138. The Balaban J connectivity index is 1.53. The number of ketones is 1. The summed E-state index contributed by atoms with van der Waals surface area (Å²) in [6.07, 6.45) is 0.300. The van der Waals surface area contributed by atoms with E-state index >= 15 is 0 Å². The number of benzene rings is 3. The number of furan rings is 1. The van der Waals surface area contributed by atoms with E-state index in [-0.39, 0.29) is 24.2 Å². The van der Waals surface area contributed by atoms with Crippen molar-refractivity contribution in [1.29, 1.82) is 0 Å². The molecule has 0 spiro atoms. The Bertz CT molecular complexity index is 1210. The Labute approximate surface area is 192 Å². The summed E-state index contributed by atoms with van der Waals surface area (Å²) in [5.74, 6) is -0.240. The zero-order valence-electron chi connectivity index (χ0n) is 18.3. The van der Waals surface area contributed by atoms with Gasteiger partial charge in [-0.1, -0.05) is 60.7 Å². The van der Waals surface area contributed by atoms with Gasteiger partial charge in [0.2, 0.25) is 5.78 Å². The van der Waals surface area contributed by atoms with Crippen molar-refractivity contribution >= 4 is 22.7 Å². The average molecular weight is 443 g/mol. The van der Waals surface area contributed by atoms with Crippen LogP contribution in [0.15, 0.2) is 89.3 Å². The van der Waals surface area contributed by atoms with Crippen molar-refractivity contribution in [3.63, 3.8) is 0 Å². The average Bonchev–Trinajstić information content (AvgIpc) is 3.26. The van der Waals surface area contributed by atoms with Gasteiger partial charge in [0.1, 0.15) is 17.4 Å². The fraction of sp³-hybridized carbons (Fsp3) is 0.185. The largest absolute Gasteiger partial charge is 0.486 e. The highest BCUT2D eigenvalue weighted by molar-refractivity contribution is 6.09. The van der Waals surface area contributed by atoms with Gasteiger partial charge in [-0.15, -0.1) is 0 Å². The molecule has 1 unspecified atom stereocenters. The molecule has 6 nitrogen and oxygen atoms in total. The molecule has 0 aliphatic carbocycles. The third kappa shape index (κ3) is 5.67. The molecule has 33 heavy (non-hydrogen) atoms. The molecule has 0 bridgehead atoms. The van der Waals surface area contributed by atoms with Crippen molar-refractivity contribution in [2.24, 2.45) is 0 Å². The van der Waals surface area contributed by atoms with Crippen molar-refractivity contribution < 1.29 is 23.8 Å². The predicted octanol–water partition coefficient (Wildman–Crippen LogP) is 5.19. The minimum Gasteiger partial charge on any atom is -0.486 e. The van der Waals surface area contributed by atoms with Crippen LogP contribution in [0.2, 0.25) is 0 Å². The van der Waals surface area contributed by atoms with Gasteiger partial charge in [-0.25, -0.2) is 0 Å². The number of hydrogen-bond acceptors (Lipinski definition) is 5. The molecule has 1 aromatic heterocycles. The lowest BCUT2D eigenvalue weighted by atomic mass is 10.1. The predicted molar refractivity (Wildman–Crippen MR) is 126 cm³/mol. The fourth-order valence-corrected chi connectivity index (χ4v) is 3.72. The van der Waals surface area contributed by atoms with Gasteiger partial charge < -0.3 is 14.3 Å². The summed E-state index contributed by atoms with van der Waals surface area (Å²) in [7, 11) is 1.77. The zero-order chi connectivity index (χ0) is 23.2. The van der Waals surface area contributed by atoms with Crippen LogP contribution >= 0.6 is 0 Å². The highest BCUT2D eigenvalue weighted by Crippen LogP contribution is 2.27. The number of ether oxygens (including phenoxy) is 1. The van der Waals surface area contributed by atoms with Crippen molar-refractivity contribution in [3.05, 3.63) is 102 Å². The summed E-state index contributed by atoms with van der Waals surface area (Å²) in [5.41, 5.74) is 2.12. The fourth-order valence-electron chi connectivity index (χ4n) is 3.72. The van der Waals surface area contributed by atoms with Crippen LogP contribution in [0.25, 0.3) is 11.0 Å². The van der Waals surface area contributed by atoms with Crippen LogP contribution in [0.1, 0.15) is 34.2 Å². The quantitative estimate of drug-likeness (QED) is 0.340. The van der Waals surface area contributed by atoms with E-state index in [2.05, 4.69) is 0 Å². The first-order valence-corrected chi connectivity index (χ1v) is 10.7. The second-order valence-electron chi connectivity index (χ2n) is 7.94. The number of likely N-dealkylation sites (N-methyl/N-ethyl adjacent to an activating group) is 1. The summed E-state index contributed by atoms with van der Waals surface area (Å²) in [6.45, 7) is 0.506. The molecule has 168 valence electrons. The molecule has 4 aromatic rings. The number of aliphatic carboxylic acids is 1. The zero-order valence-corrected chi connectivity index (χ0v) is 18.3. The Morgan fingerprint density at radius 1 is 0.970 bits per heavy atom. The maximum Gasteiger partial charge on any atom is 0.317 e. The number of carbonyl (C=O) groups excluding carboxylic acids is 1. The first-order valence-electron chi connectivity index (χ1n) is 10.7. The summed E-state index contributed by atoms with van der Waals surface area (Å²) in [4.78, 5) is 25.7. The smallest absolute Gasteiger partial charge is 0.317 e. The van der Waals surface area contributed by atoms with E-state index in [9.17, 15) is 9.59 Å². The van der Waals surface area contributed by atoms with Gasteiger partial charge in [-0.2, -0.15) is 0 Å². The molecule has 0 saturated carbocycles. The number of para-hydroxylation sites is 1. The molecule has 0 aliphatic rings. The molecule has 0 fully saturated rings. The second kappa shape index (κ2) is 10.1. The minimum absolute atomic E-state index is 0.0387. The highest BCUT2D eigenvalue weighted by Gasteiger charge is 2.18. The molecule has 0 amide bonds. The van der Waals surface area contributed by atoms with Crippen LogP contribution in [0.4, 0.5) is 0 Å². The van der Waals surface area contributed by atoms with Crippen molar-refractivity contribution in [1.82, 2.24) is 4.90 Å². The molecular formula is C27H25NO5. The van der Waals surface area contributed by atoms with E-state index in [1.807, 2.05) is 60.7 Å². The maximum absolute atomic E-state index is 13.0. The van der Waals surface area contributed by atoms with E-state index in [1.165, 1.54) is 0 Å². The number of nitrogens with zero attached hydrogens (tertiary/aromatic N) is 1. The summed E-state index contributed by atoms with van der Waals surface area (Å²) < 4.78 is 12.0. The second-order valence-corrected chi connectivity index (χ2v) is 7.94.